The fourth-order valence-electron chi connectivity index (χ4n) is 1.88. The molecule has 0 saturated heterocycles. The third kappa shape index (κ3) is 4.86. The molecular formula is C14H22F2N2O. The second kappa shape index (κ2) is 7.53. The van der Waals surface area contributed by atoms with E-state index < -0.39 is 17.7 Å². The van der Waals surface area contributed by atoms with Crippen LogP contribution in [0, 0.1) is 11.6 Å². The molecule has 19 heavy (non-hydrogen) atoms. The summed E-state index contributed by atoms with van der Waals surface area (Å²) in [7, 11) is 3.93. The Morgan fingerprint density at radius 3 is 2.47 bits per heavy atom. The van der Waals surface area contributed by atoms with E-state index in [0.717, 1.165) is 25.2 Å². The SMILES string of the molecule is CCC(NCCN(C)C)C(O)c1ccc(F)c(F)c1. The first kappa shape index (κ1) is 16.0. The number of aliphatic hydroxyl groups is 1. The Hall–Kier alpha value is -1.04. The largest absolute Gasteiger partial charge is 0.387 e. The highest BCUT2D eigenvalue weighted by Gasteiger charge is 2.19. The minimum atomic E-state index is -0.931. The smallest absolute Gasteiger partial charge is 0.159 e. The maximum Gasteiger partial charge on any atom is 0.159 e. The van der Waals surface area contributed by atoms with Crippen LogP contribution < -0.4 is 5.32 Å². The minimum Gasteiger partial charge on any atom is -0.387 e. The topological polar surface area (TPSA) is 35.5 Å². The lowest BCUT2D eigenvalue weighted by atomic mass is 10.00. The average Bonchev–Trinajstić information content (AvgIpc) is 2.37. The van der Waals surface area contributed by atoms with Gasteiger partial charge in [-0.15, -0.1) is 0 Å². The van der Waals surface area contributed by atoms with Gasteiger partial charge in [0.15, 0.2) is 11.6 Å². The number of nitrogens with zero attached hydrogens (tertiary/aromatic N) is 1. The van der Waals surface area contributed by atoms with E-state index in [1.807, 2.05) is 25.9 Å². The van der Waals surface area contributed by atoms with E-state index in [-0.39, 0.29) is 6.04 Å². The highest BCUT2D eigenvalue weighted by Crippen LogP contribution is 2.20. The minimum absolute atomic E-state index is 0.176. The van der Waals surface area contributed by atoms with Gasteiger partial charge in [0.1, 0.15) is 0 Å². The van der Waals surface area contributed by atoms with Crippen molar-refractivity contribution >= 4 is 0 Å². The molecule has 0 aliphatic carbocycles. The van der Waals surface area contributed by atoms with Crippen LogP contribution in [0.2, 0.25) is 0 Å². The van der Waals surface area contributed by atoms with E-state index in [1.54, 1.807) is 0 Å². The van der Waals surface area contributed by atoms with Gasteiger partial charge in [0.25, 0.3) is 0 Å². The summed E-state index contributed by atoms with van der Waals surface area (Å²) in [6, 6.07) is 3.33. The number of hydrogen-bond donors (Lipinski definition) is 2. The lowest BCUT2D eigenvalue weighted by Gasteiger charge is -2.24. The lowest BCUT2D eigenvalue weighted by Crippen LogP contribution is -2.38. The first-order valence-corrected chi connectivity index (χ1v) is 6.46. The van der Waals surface area contributed by atoms with Gasteiger partial charge in [-0.3, -0.25) is 0 Å². The number of benzene rings is 1. The summed E-state index contributed by atoms with van der Waals surface area (Å²) in [5.74, 6) is -1.83. The molecule has 0 saturated carbocycles. The summed E-state index contributed by atoms with van der Waals surface area (Å²) in [6.07, 6.45) is -0.143. The molecule has 2 atom stereocenters. The summed E-state index contributed by atoms with van der Waals surface area (Å²) in [6.45, 7) is 3.52. The van der Waals surface area contributed by atoms with Crippen molar-refractivity contribution in [3.05, 3.63) is 35.4 Å². The molecule has 5 heteroatoms. The average molecular weight is 272 g/mol. The molecular weight excluding hydrogens is 250 g/mol. The molecule has 3 nitrogen and oxygen atoms in total. The van der Waals surface area contributed by atoms with Gasteiger partial charge in [0, 0.05) is 19.1 Å². The molecule has 0 radical (unpaired) electrons. The predicted molar refractivity (Wildman–Crippen MR) is 72.0 cm³/mol. The van der Waals surface area contributed by atoms with Crippen molar-refractivity contribution in [2.45, 2.75) is 25.5 Å². The van der Waals surface area contributed by atoms with Crippen molar-refractivity contribution in [1.29, 1.82) is 0 Å². The Balaban J connectivity index is 2.66. The van der Waals surface area contributed by atoms with Gasteiger partial charge >= 0.3 is 0 Å². The van der Waals surface area contributed by atoms with Crippen LogP contribution in [-0.4, -0.2) is 43.2 Å². The predicted octanol–water partition coefficient (Wildman–Crippen LogP) is 1.93. The van der Waals surface area contributed by atoms with Crippen molar-refractivity contribution < 1.29 is 13.9 Å². The number of nitrogens with one attached hydrogen (secondary N) is 1. The molecule has 0 fully saturated rings. The summed E-state index contributed by atoms with van der Waals surface area (Å²) < 4.78 is 26.0. The van der Waals surface area contributed by atoms with Crippen molar-refractivity contribution in [2.75, 3.05) is 27.2 Å². The number of likely N-dealkylation sites (N-methyl/N-ethyl adjacent to an activating group) is 1. The molecule has 0 aliphatic rings. The maximum absolute atomic E-state index is 13.2. The lowest BCUT2D eigenvalue weighted by molar-refractivity contribution is 0.124. The molecule has 1 aromatic rings. The number of aliphatic hydroxyl groups excluding tert-OH is 1. The molecule has 108 valence electrons. The van der Waals surface area contributed by atoms with E-state index in [2.05, 4.69) is 5.32 Å². The molecule has 0 bridgehead atoms. The van der Waals surface area contributed by atoms with Gasteiger partial charge in [-0.25, -0.2) is 8.78 Å². The Morgan fingerprint density at radius 1 is 1.26 bits per heavy atom. The standard InChI is InChI=1S/C14H22F2N2O/c1-4-13(17-7-8-18(2)3)14(19)10-5-6-11(15)12(16)9-10/h5-6,9,13-14,17,19H,4,7-8H2,1-3H3. The van der Waals surface area contributed by atoms with Crippen molar-refractivity contribution in [3.63, 3.8) is 0 Å². The van der Waals surface area contributed by atoms with Crippen molar-refractivity contribution in [1.82, 2.24) is 10.2 Å². The van der Waals surface area contributed by atoms with E-state index in [4.69, 9.17) is 0 Å². The van der Waals surface area contributed by atoms with Crippen molar-refractivity contribution in [3.8, 4) is 0 Å². The second-order valence-electron chi connectivity index (χ2n) is 4.89. The highest BCUT2D eigenvalue weighted by atomic mass is 19.2. The maximum atomic E-state index is 13.2. The normalized spacial score (nSPS) is 14.7. The molecule has 0 spiro atoms. The van der Waals surface area contributed by atoms with Gasteiger partial charge in [-0.1, -0.05) is 13.0 Å². The Bertz CT molecular complexity index is 399. The monoisotopic (exact) mass is 272 g/mol. The first-order valence-electron chi connectivity index (χ1n) is 6.46. The molecule has 0 aliphatic heterocycles. The van der Waals surface area contributed by atoms with E-state index in [0.29, 0.717) is 12.0 Å². The summed E-state index contributed by atoms with van der Waals surface area (Å²) in [4.78, 5) is 2.03. The quantitative estimate of drug-likeness (QED) is 0.796. The Kier molecular flexibility index (Phi) is 6.34. The van der Waals surface area contributed by atoms with Crippen LogP contribution in [0.15, 0.2) is 18.2 Å². The summed E-state index contributed by atoms with van der Waals surface area (Å²) >= 11 is 0. The van der Waals surface area contributed by atoms with E-state index >= 15 is 0 Å². The van der Waals surface area contributed by atoms with Crippen LogP contribution in [0.5, 0.6) is 0 Å². The molecule has 0 heterocycles. The fourth-order valence-corrected chi connectivity index (χ4v) is 1.88. The number of halogens is 2. The van der Waals surface area contributed by atoms with Gasteiger partial charge in [-0.2, -0.15) is 0 Å². The van der Waals surface area contributed by atoms with Crippen LogP contribution in [-0.2, 0) is 0 Å². The zero-order chi connectivity index (χ0) is 14.4. The molecule has 0 amide bonds. The van der Waals surface area contributed by atoms with Gasteiger partial charge in [-0.05, 0) is 38.2 Å². The number of hydrogen-bond acceptors (Lipinski definition) is 3. The molecule has 0 aromatic heterocycles. The van der Waals surface area contributed by atoms with Crippen LogP contribution >= 0.6 is 0 Å². The van der Waals surface area contributed by atoms with Gasteiger partial charge in [0.05, 0.1) is 6.10 Å². The molecule has 1 rings (SSSR count). The summed E-state index contributed by atoms with van der Waals surface area (Å²) in [5.41, 5.74) is 0.392. The van der Waals surface area contributed by atoms with E-state index in [1.165, 1.54) is 6.07 Å². The van der Waals surface area contributed by atoms with Crippen LogP contribution in [0.4, 0.5) is 8.78 Å². The van der Waals surface area contributed by atoms with Crippen LogP contribution in [0.25, 0.3) is 0 Å². The van der Waals surface area contributed by atoms with Crippen LogP contribution in [0.3, 0.4) is 0 Å². The molecule has 2 N–H and O–H groups in total. The van der Waals surface area contributed by atoms with Gasteiger partial charge in [0.2, 0.25) is 0 Å². The number of rotatable bonds is 7. The second-order valence-corrected chi connectivity index (χ2v) is 4.89. The fraction of sp³-hybridized carbons (Fsp3) is 0.571. The first-order chi connectivity index (χ1) is 8.95. The van der Waals surface area contributed by atoms with Crippen LogP contribution in [0.1, 0.15) is 25.0 Å². The third-order valence-corrected chi connectivity index (χ3v) is 3.07. The summed E-state index contributed by atoms with van der Waals surface area (Å²) in [5, 5.41) is 13.4. The van der Waals surface area contributed by atoms with Gasteiger partial charge < -0.3 is 15.3 Å². The highest BCUT2D eigenvalue weighted by molar-refractivity contribution is 5.21. The zero-order valence-corrected chi connectivity index (χ0v) is 11.7. The molecule has 1 aromatic carbocycles. The zero-order valence-electron chi connectivity index (χ0n) is 11.7. The van der Waals surface area contributed by atoms with E-state index in [9.17, 15) is 13.9 Å². The molecule has 2 unspecified atom stereocenters. The third-order valence-electron chi connectivity index (χ3n) is 3.07. The van der Waals surface area contributed by atoms with Crippen molar-refractivity contribution in [2.24, 2.45) is 0 Å². The Morgan fingerprint density at radius 2 is 1.95 bits per heavy atom. The Labute approximate surface area is 113 Å².